The number of nitrogens with one attached hydrogen (secondary N) is 4. The fourth-order valence-corrected chi connectivity index (χ4v) is 8.84. The molecule has 236 valence electrons. The summed E-state index contributed by atoms with van der Waals surface area (Å²) in [5, 5.41) is 22.3. The summed E-state index contributed by atoms with van der Waals surface area (Å²) in [4.78, 5) is 33.6. The van der Waals surface area contributed by atoms with Gasteiger partial charge in [-0.25, -0.2) is 0 Å². The number of allylic oxidation sites excluding steroid dienone is 1. The lowest BCUT2D eigenvalue weighted by Gasteiger charge is -2.50. The minimum atomic E-state index is -0.199. The number of piperazine rings is 1. The first-order valence-corrected chi connectivity index (χ1v) is 17.0. The van der Waals surface area contributed by atoms with Crippen LogP contribution in [0.15, 0.2) is 35.7 Å². The van der Waals surface area contributed by atoms with E-state index in [1.54, 1.807) is 11.3 Å². The van der Waals surface area contributed by atoms with E-state index in [1.165, 1.54) is 15.8 Å². The van der Waals surface area contributed by atoms with Crippen LogP contribution >= 0.6 is 11.3 Å². The van der Waals surface area contributed by atoms with E-state index in [0.29, 0.717) is 19.6 Å². The number of thiophene rings is 1. The smallest absolute Gasteiger partial charge is 0.249 e. The third-order valence-electron chi connectivity index (χ3n) is 10.2. The summed E-state index contributed by atoms with van der Waals surface area (Å²) >= 11 is 1.80. The molecular formula is C31H43N9O3S. The van der Waals surface area contributed by atoms with Crippen LogP contribution in [0.25, 0.3) is 10.1 Å². The quantitative estimate of drug-likeness (QED) is 0.368. The van der Waals surface area contributed by atoms with Gasteiger partial charge in [0.1, 0.15) is 19.1 Å². The van der Waals surface area contributed by atoms with E-state index in [0.717, 1.165) is 57.7 Å². The van der Waals surface area contributed by atoms with Crippen molar-refractivity contribution in [3.05, 3.63) is 35.7 Å². The van der Waals surface area contributed by atoms with Crippen LogP contribution in [0.2, 0.25) is 0 Å². The van der Waals surface area contributed by atoms with Gasteiger partial charge in [-0.05, 0) is 44.5 Å². The molecule has 8 rings (SSSR count). The van der Waals surface area contributed by atoms with Gasteiger partial charge in [0, 0.05) is 73.0 Å². The number of likely N-dealkylation sites (N-methyl/N-ethyl adjacent to an activating group) is 1. The highest BCUT2D eigenvalue weighted by atomic mass is 32.1. The van der Waals surface area contributed by atoms with E-state index in [9.17, 15) is 9.59 Å². The predicted octanol–water partition coefficient (Wildman–Crippen LogP) is 0.808. The molecule has 6 aliphatic rings. The Kier molecular flexibility index (Phi) is 7.73. The van der Waals surface area contributed by atoms with Gasteiger partial charge in [-0.15, -0.1) is 11.3 Å². The molecule has 5 fully saturated rings. The molecule has 1 aromatic heterocycles. The molecule has 5 saturated heterocycles. The molecular weight excluding hydrogens is 578 g/mol. The predicted molar refractivity (Wildman–Crippen MR) is 171 cm³/mol. The number of hydrogen-bond donors (Lipinski definition) is 4. The van der Waals surface area contributed by atoms with E-state index in [-0.39, 0.29) is 55.1 Å². The number of carbonyl (C=O) groups is 2. The first-order chi connectivity index (χ1) is 21.5. The Morgan fingerprint density at radius 3 is 2.82 bits per heavy atom. The van der Waals surface area contributed by atoms with Crippen molar-refractivity contribution in [2.75, 3.05) is 76.2 Å². The van der Waals surface area contributed by atoms with Crippen LogP contribution in [0, 0.1) is 5.92 Å². The van der Waals surface area contributed by atoms with Gasteiger partial charge in [0.2, 0.25) is 11.8 Å². The number of piperidine rings is 1. The van der Waals surface area contributed by atoms with Gasteiger partial charge in [-0.3, -0.25) is 30.5 Å². The number of fused-ring (bicyclic) bond motifs is 6. The molecule has 2 bridgehead atoms. The van der Waals surface area contributed by atoms with Crippen LogP contribution in [0.5, 0.6) is 0 Å². The molecule has 6 aliphatic heterocycles. The standard InChI is InChI=1S/C31H43N9O3S/c1-36-10-12-37(13-11-36)25-19-44-26-14-20(6-7-22(25)26)34-31-33-17-23-28(35-31)40-21-15-24-29(32-16-21)43-18-27(41)38(24)8-4-2-3-5-9-39(40)30(23)42/h3,5-7,14,19,21,23-24,28-29,31-35H,2,4,8-13,15-18H2,1H3/b5-3-. The van der Waals surface area contributed by atoms with Crippen molar-refractivity contribution in [1.29, 1.82) is 0 Å². The van der Waals surface area contributed by atoms with Crippen LogP contribution in [-0.2, 0) is 14.3 Å². The number of amides is 2. The Morgan fingerprint density at radius 1 is 1.05 bits per heavy atom. The maximum absolute atomic E-state index is 13.8. The maximum atomic E-state index is 13.8. The molecule has 6 unspecified atom stereocenters. The van der Waals surface area contributed by atoms with E-state index in [2.05, 4.69) is 78.9 Å². The van der Waals surface area contributed by atoms with Crippen LogP contribution in [0.4, 0.5) is 11.4 Å². The highest BCUT2D eigenvalue weighted by Gasteiger charge is 2.53. The lowest BCUT2D eigenvalue weighted by atomic mass is 9.95. The summed E-state index contributed by atoms with van der Waals surface area (Å²) in [6.45, 7) is 6.99. The molecule has 0 saturated carbocycles. The zero-order valence-electron chi connectivity index (χ0n) is 25.3. The number of ether oxygens (including phenoxy) is 1. The minimum absolute atomic E-state index is 0.0432. The van der Waals surface area contributed by atoms with Crippen LogP contribution < -0.4 is 26.2 Å². The number of carbonyl (C=O) groups excluding carboxylic acids is 2. The van der Waals surface area contributed by atoms with Crippen molar-refractivity contribution < 1.29 is 14.3 Å². The largest absolute Gasteiger partial charge is 0.368 e. The highest BCUT2D eigenvalue weighted by Crippen LogP contribution is 2.36. The zero-order chi connectivity index (χ0) is 29.8. The monoisotopic (exact) mass is 621 g/mol. The van der Waals surface area contributed by atoms with E-state index in [1.807, 2.05) is 9.91 Å². The van der Waals surface area contributed by atoms with Crippen molar-refractivity contribution in [1.82, 2.24) is 35.8 Å². The Balaban J connectivity index is 1.01. The molecule has 12 nitrogen and oxygen atoms in total. The first kappa shape index (κ1) is 28.7. The van der Waals surface area contributed by atoms with Gasteiger partial charge < -0.3 is 24.8 Å². The van der Waals surface area contributed by atoms with Gasteiger partial charge in [-0.2, -0.15) is 5.01 Å². The van der Waals surface area contributed by atoms with E-state index in [4.69, 9.17) is 4.74 Å². The fourth-order valence-electron chi connectivity index (χ4n) is 7.83. The van der Waals surface area contributed by atoms with Crippen LogP contribution in [0.3, 0.4) is 0 Å². The third-order valence-corrected chi connectivity index (χ3v) is 11.2. The molecule has 7 heterocycles. The Bertz CT molecular complexity index is 1430. The number of hydrogen-bond acceptors (Lipinski definition) is 11. The minimum Gasteiger partial charge on any atom is -0.368 e. The second-order valence-electron chi connectivity index (χ2n) is 12.9. The third kappa shape index (κ3) is 5.17. The Morgan fingerprint density at radius 2 is 1.93 bits per heavy atom. The van der Waals surface area contributed by atoms with E-state index >= 15 is 0 Å². The van der Waals surface area contributed by atoms with Crippen molar-refractivity contribution >= 4 is 44.6 Å². The van der Waals surface area contributed by atoms with E-state index < -0.39 is 0 Å². The van der Waals surface area contributed by atoms with Gasteiger partial charge >= 0.3 is 0 Å². The number of anilines is 2. The van der Waals surface area contributed by atoms with Crippen molar-refractivity contribution in [2.45, 2.75) is 50.0 Å². The molecule has 44 heavy (non-hydrogen) atoms. The normalized spacial score (nSPS) is 34.3. The SMILES string of the molecule is CN1CCN(c2csc3cc(NC4NCC5C(=O)N6C/C=C\CCCN7C(=O)COC8NCC(CC87)N6C5N4)ccc23)CC1. The Hall–Kier alpha value is -2.78. The summed E-state index contributed by atoms with van der Waals surface area (Å²) in [7, 11) is 2.19. The number of rotatable bonds is 3. The van der Waals surface area contributed by atoms with Crippen LogP contribution in [-0.4, -0.2) is 128 Å². The summed E-state index contributed by atoms with van der Waals surface area (Å²) < 4.78 is 7.18. The summed E-state index contributed by atoms with van der Waals surface area (Å²) in [6.07, 6.45) is 6.29. The number of benzene rings is 1. The lowest BCUT2D eigenvalue weighted by molar-refractivity contribution is -0.172. The average molecular weight is 622 g/mol. The number of hydrazine groups is 1. The maximum Gasteiger partial charge on any atom is 0.249 e. The molecule has 4 N–H and O–H groups in total. The second-order valence-corrected chi connectivity index (χ2v) is 13.8. The highest BCUT2D eigenvalue weighted by molar-refractivity contribution is 7.17. The molecule has 2 amide bonds. The number of nitrogens with zero attached hydrogens (tertiary/aromatic N) is 5. The zero-order valence-corrected chi connectivity index (χ0v) is 26.1. The lowest BCUT2D eigenvalue weighted by Crippen LogP contribution is -2.70. The Labute approximate surface area is 262 Å². The van der Waals surface area contributed by atoms with Gasteiger partial charge in [0.15, 0.2) is 0 Å². The van der Waals surface area contributed by atoms with Crippen molar-refractivity contribution in [3.63, 3.8) is 0 Å². The van der Waals surface area contributed by atoms with Gasteiger partial charge in [0.25, 0.3) is 0 Å². The molecule has 0 aliphatic carbocycles. The van der Waals surface area contributed by atoms with Gasteiger partial charge in [0.05, 0.1) is 30.4 Å². The number of morpholine rings is 1. The topological polar surface area (TPSA) is 108 Å². The molecule has 0 radical (unpaired) electrons. The summed E-state index contributed by atoms with van der Waals surface area (Å²) in [6, 6.07) is 6.64. The van der Waals surface area contributed by atoms with Crippen LogP contribution in [0.1, 0.15) is 19.3 Å². The molecule has 6 atom stereocenters. The second kappa shape index (κ2) is 11.9. The summed E-state index contributed by atoms with van der Waals surface area (Å²) in [5.74, 6) is 0.00158. The fraction of sp³-hybridized carbons (Fsp3) is 0.613. The van der Waals surface area contributed by atoms with Gasteiger partial charge in [-0.1, -0.05) is 12.2 Å². The first-order valence-electron chi connectivity index (χ1n) is 16.1. The molecule has 1 aromatic carbocycles. The molecule has 0 spiro atoms. The summed E-state index contributed by atoms with van der Waals surface area (Å²) in [5.41, 5.74) is 2.38. The molecule has 13 heteroatoms. The van der Waals surface area contributed by atoms with Crippen molar-refractivity contribution in [3.8, 4) is 0 Å². The average Bonchev–Trinajstić information content (AvgIpc) is 3.57. The molecule has 2 aromatic rings. The van der Waals surface area contributed by atoms with Crippen molar-refractivity contribution in [2.24, 2.45) is 5.92 Å².